The SMILES string of the molecule is CCCC1(C(=O)O)CCN(C(=O)N(CC2CC2)C2CC2)C1. The number of aliphatic carboxylic acids is 1. The lowest BCUT2D eigenvalue weighted by Gasteiger charge is -2.30. The Bertz CT molecular complexity index is 431. The summed E-state index contributed by atoms with van der Waals surface area (Å²) < 4.78 is 0. The Morgan fingerprint density at radius 1 is 1.29 bits per heavy atom. The fourth-order valence-electron chi connectivity index (χ4n) is 3.53. The summed E-state index contributed by atoms with van der Waals surface area (Å²) in [6.07, 6.45) is 6.83. The lowest BCUT2D eigenvalue weighted by Crippen LogP contribution is -2.46. The van der Waals surface area contributed by atoms with Crippen molar-refractivity contribution in [3.63, 3.8) is 0 Å². The maximum absolute atomic E-state index is 12.8. The van der Waals surface area contributed by atoms with Crippen LogP contribution in [0.1, 0.15) is 51.9 Å². The molecule has 1 unspecified atom stereocenters. The van der Waals surface area contributed by atoms with Crippen LogP contribution in [-0.4, -0.2) is 52.6 Å². The molecule has 2 aliphatic carbocycles. The van der Waals surface area contributed by atoms with Gasteiger partial charge in [-0.15, -0.1) is 0 Å². The maximum atomic E-state index is 12.8. The van der Waals surface area contributed by atoms with Gasteiger partial charge in [0.2, 0.25) is 0 Å². The fourth-order valence-corrected chi connectivity index (χ4v) is 3.53. The monoisotopic (exact) mass is 294 g/mol. The number of carbonyl (C=O) groups excluding carboxylic acids is 1. The van der Waals surface area contributed by atoms with Crippen LogP contribution in [0.25, 0.3) is 0 Å². The summed E-state index contributed by atoms with van der Waals surface area (Å²) in [7, 11) is 0. The van der Waals surface area contributed by atoms with Crippen molar-refractivity contribution >= 4 is 12.0 Å². The van der Waals surface area contributed by atoms with E-state index in [9.17, 15) is 14.7 Å². The third-order valence-corrected chi connectivity index (χ3v) is 5.19. The maximum Gasteiger partial charge on any atom is 0.320 e. The molecule has 0 aromatic rings. The number of carboxylic acids is 1. The molecule has 3 aliphatic rings. The molecule has 2 saturated carbocycles. The quantitative estimate of drug-likeness (QED) is 0.819. The molecule has 1 aliphatic heterocycles. The van der Waals surface area contributed by atoms with E-state index in [2.05, 4.69) is 0 Å². The van der Waals surface area contributed by atoms with Crippen molar-refractivity contribution in [1.82, 2.24) is 9.80 Å². The molecule has 0 aromatic heterocycles. The first-order valence-corrected chi connectivity index (χ1v) is 8.34. The van der Waals surface area contributed by atoms with Crippen LogP contribution in [0.15, 0.2) is 0 Å². The smallest absolute Gasteiger partial charge is 0.320 e. The summed E-state index contributed by atoms with van der Waals surface area (Å²) >= 11 is 0. The van der Waals surface area contributed by atoms with Crippen LogP contribution >= 0.6 is 0 Å². The molecule has 1 heterocycles. The zero-order valence-electron chi connectivity index (χ0n) is 12.9. The Kier molecular flexibility index (Phi) is 3.84. The Morgan fingerprint density at radius 2 is 2.00 bits per heavy atom. The van der Waals surface area contributed by atoms with Gasteiger partial charge < -0.3 is 14.9 Å². The second kappa shape index (κ2) is 5.50. The topological polar surface area (TPSA) is 60.9 Å². The van der Waals surface area contributed by atoms with Crippen LogP contribution in [0, 0.1) is 11.3 Å². The van der Waals surface area contributed by atoms with Crippen LogP contribution in [0.2, 0.25) is 0 Å². The highest BCUT2D eigenvalue weighted by Crippen LogP contribution is 2.39. The van der Waals surface area contributed by atoms with Gasteiger partial charge in [0.25, 0.3) is 0 Å². The number of rotatable bonds is 6. The molecule has 0 spiro atoms. The van der Waals surface area contributed by atoms with Crippen molar-refractivity contribution in [2.45, 2.75) is 57.9 Å². The van der Waals surface area contributed by atoms with Gasteiger partial charge in [0.1, 0.15) is 0 Å². The third kappa shape index (κ3) is 3.01. The first kappa shape index (κ1) is 14.7. The van der Waals surface area contributed by atoms with Crippen LogP contribution in [0.4, 0.5) is 4.79 Å². The van der Waals surface area contributed by atoms with Gasteiger partial charge in [0, 0.05) is 25.7 Å². The lowest BCUT2D eigenvalue weighted by atomic mass is 9.83. The second-order valence-electron chi connectivity index (χ2n) is 7.12. The van der Waals surface area contributed by atoms with Crippen molar-refractivity contribution in [3.05, 3.63) is 0 Å². The van der Waals surface area contributed by atoms with E-state index in [0.717, 1.165) is 25.8 Å². The highest BCUT2D eigenvalue weighted by atomic mass is 16.4. The van der Waals surface area contributed by atoms with Crippen molar-refractivity contribution in [3.8, 4) is 0 Å². The number of amides is 2. The van der Waals surface area contributed by atoms with Gasteiger partial charge in [-0.2, -0.15) is 0 Å². The van der Waals surface area contributed by atoms with Crippen molar-refractivity contribution in [2.24, 2.45) is 11.3 Å². The van der Waals surface area contributed by atoms with Gasteiger partial charge >= 0.3 is 12.0 Å². The summed E-state index contributed by atoms with van der Waals surface area (Å²) in [5.41, 5.74) is -0.709. The Hall–Kier alpha value is -1.26. The van der Waals surface area contributed by atoms with Crippen molar-refractivity contribution in [1.29, 1.82) is 0 Å². The van der Waals surface area contributed by atoms with Gasteiger partial charge in [0.05, 0.1) is 5.41 Å². The third-order valence-electron chi connectivity index (χ3n) is 5.19. The minimum atomic E-state index is -0.736. The van der Waals surface area contributed by atoms with E-state index in [1.54, 1.807) is 4.90 Å². The molecule has 118 valence electrons. The van der Waals surface area contributed by atoms with E-state index < -0.39 is 11.4 Å². The molecule has 1 atom stereocenters. The number of hydrogen-bond acceptors (Lipinski definition) is 2. The highest BCUT2D eigenvalue weighted by molar-refractivity contribution is 5.80. The molecular weight excluding hydrogens is 268 g/mol. The summed E-state index contributed by atoms with van der Waals surface area (Å²) in [5, 5.41) is 9.56. The fraction of sp³-hybridized carbons (Fsp3) is 0.875. The largest absolute Gasteiger partial charge is 0.481 e. The molecule has 3 rings (SSSR count). The van der Waals surface area contributed by atoms with Gasteiger partial charge in [-0.1, -0.05) is 13.3 Å². The lowest BCUT2D eigenvalue weighted by molar-refractivity contribution is -0.148. The minimum Gasteiger partial charge on any atom is -0.481 e. The van der Waals surface area contributed by atoms with E-state index in [0.29, 0.717) is 37.9 Å². The zero-order chi connectivity index (χ0) is 15.0. The molecule has 5 nitrogen and oxygen atoms in total. The summed E-state index contributed by atoms with van der Waals surface area (Å²) in [4.78, 5) is 28.2. The van der Waals surface area contributed by atoms with Gasteiger partial charge in [-0.3, -0.25) is 4.79 Å². The van der Waals surface area contributed by atoms with E-state index in [1.165, 1.54) is 12.8 Å². The van der Waals surface area contributed by atoms with Crippen molar-refractivity contribution < 1.29 is 14.7 Å². The summed E-state index contributed by atoms with van der Waals surface area (Å²) in [6, 6.07) is 0.507. The van der Waals surface area contributed by atoms with Gasteiger partial charge in [-0.25, -0.2) is 4.79 Å². The zero-order valence-corrected chi connectivity index (χ0v) is 12.9. The molecular formula is C16H26N2O3. The molecule has 0 aromatic carbocycles. The average Bonchev–Trinajstić information content (AvgIpc) is 3.35. The van der Waals surface area contributed by atoms with Crippen LogP contribution in [0.3, 0.4) is 0 Å². The van der Waals surface area contributed by atoms with Crippen LogP contribution in [-0.2, 0) is 4.79 Å². The number of carboxylic acid groups (broad SMARTS) is 1. The van der Waals surface area contributed by atoms with E-state index in [1.807, 2.05) is 11.8 Å². The molecule has 1 saturated heterocycles. The predicted octanol–water partition coefficient (Wildman–Crippen LogP) is 2.56. The molecule has 3 fully saturated rings. The number of likely N-dealkylation sites (tertiary alicyclic amines) is 1. The number of urea groups is 1. The predicted molar refractivity (Wildman–Crippen MR) is 79.0 cm³/mol. The molecule has 2 amide bonds. The second-order valence-corrected chi connectivity index (χ2v) is 7.12. The first-order chi connectivity index (χ1) is 10.1. The normalized spacial score (nSPS) is 28.7. The molecule has 0 bridgehead atoms. The number of nitrogens with zero attached hydrogens (tertiary/aromatic N) is 2. The molecule has 21 heavy (non-hydrogen) atoms. The average molecular weight is 294 g/mol. The standard InChI is InChI=1S/C16H26N2O3/c1-2-7-16(14(19)20)8-9-17(11-16)15(21)18(13-5-6-13)10-12-3-4-12/h12-13H,2-11H2,1H3,(H,19,20). The molecule has 5 heteroatoms. The van der Waals surface area contributed by atoms with Crippen LogP contribution < -0.4 is 0 Å². The van der Waals surface area contributed by atoms with Crippen molar-refractivity contribution in [2.75, 3.05) is 19.6 Å². The van der Waals surface area contributed by atoms with Crippen LogP contribution in [0.5, 0.6) is 0 Å². The number of hydrogen-bond donors (Lipinski definition) is 1. The molecule has 0 radical (unpaired) electrons. The number of carbonyl (C=O) groups is 2. The summed E-state index contributed by atoms with van der Waals surface area (Å²) in [5.74, 6) is -0.0446. The minimum absolute atomic E-state index is 0.0867. The Morgan fingerprint density at radius 3 is 2.52 bits per heavy atom. The molecule has 1 N–H and O–H groups in total. The van der Waals surface area contributed by atoms with E-state index in [4.69, 9.17) is 0 Å². The van der Waals surface area contributed by atoms with E-state index >= 15 is 0 Å². The highest BCUT2D eigenvalue weighted by Gasteiger charge is 2.47. The van der Waals surface area contributed by atoms with Gasteiger partial charge in [0.15, 0.2) is 0 Å². The Balaban J connectivity index is 1.65. The Labute approximate surface area is 126 Å². The first-order valence-electron chi connectivity index (χ1n) is 8.34. The van der Waals surface area contributed by atoms with Gasteiger partial charge in [-0.05, 0) is 44.4 Å². The van der Waals surface area contributed by atoms with E-state index in [-0.39, 0.29) is 6.03 Å². The summed E-state index contributed by atoms with van der Waals surface area (Å²) in [6.45, 7) is 3.88.